The van der Waals surface area contributed by atoms with Crippen molar-refractivity contribution < 1.29 is 15.0 Å². The van der Waals surface area contributed by atoms with Gasteiger partial charge >= 0.3 is 0 Å². The summed E-state index contributed by atoms with van der Waals surface area (Å²) in [6.07, 6.45) is 2.27. The number of fused-ring (bicyclic) bond motifs is 1. The van der Waals surface area contributed by atoms with Crippen LogP contribution in [-0.2, 0) is 12.0 Å². The first-order chi connectivity index (χ1) is 18.6. The SMILES string of the molecule is Cc1cc(C(=O)Nc2ccc(Cc3ccc4[nH]c(O)c(C=Nc5cccc(O)c5)c4c3)cc2)n(C(C)(C)C)n1. The van der Waals surface area contributed by atoms with Gasteiger partial charge in [-0.05, 0) is 87.7 Å². The van der Waals surface area contributed by atoms with Crippen molar-refractivity contribution in [3.63, 3.8) is 0 Å². The second kappa shape index (κ2) is 10.1. The fraction of sp³-hybridized carbons (Fsp3) is 0.194. The number of hydrogen-bond acceptors (Lipinski definition) is 5. The highest BCUT2D eigenvalue weighted by Gasteiger charge is 2.23. The number of carbonyl (C=O) groups is 1. The minimum atomic E-state index is -0.307. The highest BCUT2D eigenvalue weighted by atomic mass is 16.3. The van der Waals surface area contributed by atoms with Crippen LogP contribution in [0.1, 0.15) is 53.6 Å². The topological polar surface area (TPSA) is 116 Å². The zero-order valence-corrected chi connectivity index (χ0v) is 22.4. The van der Waals surface area contributed by atoms with Crippen LogP contribution in [0.3, 0.4) is 0 Å². The number of aromatic nitrogens is 3. The summed E-state index contributed by atoms with van der Waals surface area (Å²) in [6, 6.07) is 22.2. The summed E-state index contributed by atoms with van der Waals surface area (Å²) in [5.74, 6) is -0.0302. The third kappa shape index (κ3) is 5.70. The van der Waals surface area contributed by atoms with Crippen LogP contribution in [0, 0.1) is 6.92 Å². The van der Waals surface area contributed by atoms with Crippen LogP contribution in [0.2, 0.25) is 0 Å². The number of amides is 1. The van der Waals surface area contributed by atoms with E-state index in [9.17, 15) is 15.0 Å². The van der Waals surface area contributed by atoms with Gasteiger partial charge < -0.3 is 20.5 Å². The molecule has 5 aromatic rings. The smallest absolute Gasteiger partial charge is 0.273 e. The molecule has 39 heavy (non-hydrogen) atoms. The van der Waals surface area contributed by atoms with Gasteiger partial charge in [0, 0.05) is 28.9 Å². The summed E-state index contributed by atoms with van der Waals surface area (Å²) in [5, 5.41) is 28.4. The lowest BCUT2D eigenvalue weighted by Gasteiger charge is -2.22. The maximum atomic E-state index is 13.0. The third-order valence-corrected chi connectivity index (χ3v) is 6.37. The van der Waals surface area contributed by atoms with Gasteiger partial charge in [0.15, 0.2) is 5.88 Å². The van der Waals surface area contributed by atoms with Crippen molar-refractivity contribution in [3.05, 3.63) is 101 Å². The van der Waals surface area contributed by atoms with Crippen LogP contribution in [0.25, 0.3) is 10.9 Å². The molecule has 0 bridgehead atoms. The van der Waals surface area contributed by atoms with E-state index in [0.717, 1.165) is 27.7 Å². The summed E-state index contributed by atoms with van der Waals surface area (Å²) in [5.41, 5.74) is 5.84. The van der Waals surface area contributed by atoms with Crippen LogP contribution >= 0.6 is 0 Å². The predicted octanol–water partition coefficient (Wildman–Crippen LogP) is 6.43. The monoisotopic (exact) mass is 521 g/mol. The number of anilines is 1. The largest absolute Gasteiger partial charge is 0.508 e. The number of aliphatic imine (C=N–C) groups is 1. The number of phenolic OH excluding ortho intramolecular Hbond substituents is 1. The number of hydrogen-bond donors (Lipinski definition) is 4. The molecule has 0 aliphatic carbocycles. The van der Waals surface area contributed by atoms with E-state index < -0.39 is 0 Å². The Labute approximate surface area is 226 Å². The second-order valence-electron chi connectivity index (χ2n) is 10.6. The summed E-state index contributed by atoms with van der Waals surface area (Å²) in [6.45, 7) is 7.93. The first-order valence-corrected chi connectivity index (χ1v) is 12.7. The van der Waals surface area contributed by atoms with E-state index in [4.69, 9.17) is 0 Å². The number of aryl methyl sites for hydroxylation is 1. The lowest BCUT2D eigenvalue weighted by Crippen LogP contribution is -2.29. The first kappa shape index (κ1) is 25.8. The van der Waals surface area contributed by atoms with Gasteiger partial charge in [-0.2, -0.15) is 5.10 Å². The summed E-state index contributed by atoms with van der Waals surface area (Å²) < 4.78 is 1.75. The van der Waals surface area contributed by atoms with Crippen LogP contribution in [0.5, 0.6) is 11.6 Å². The van der Waals surface area contributed by atoms with Gasteiger partial charge in [-0.1, -0.05) is 24.3 Å². The minimum absolute atomic E-state index is 0.0362. The number of aromatic amines is 1. The molecule has 0 saturated carbocycles. The summed E-state index contributed by atoms with van der Waals surface area (Å²) in [7, 11) is 0. The highest BCUT2D eigenvalue weighted by Crippen LogP contribution is 2.29. The number of nitrogens with one attached hydrogen (secondary N) is 2. The molecule has 0 atom stereocenters. The minimum Gasteiger partial charge on any atom is -0.508 e. The average molecular weight is 522 g/mol. The Balaban J connectivity index is 1.32. The van der Waals surface area contributed by atoms with E-state index in [0.29, 0.717) is 29.1 Å². The lowest BCUT2D eigenvalue weighted by molar-refractivity contribution is 0.100. The number of aromatic hydroxyl groups is 2. The fourth-order valence-corrected chi connectivity index (χ4v) is 4.51. The first-order valence-electron chi connectivity index (χ1n) is 12.7. The van der Waals surface area contributed by atoms with Crippen LogP contribution in [0.15, 0.2) is 77.8 Å². The fourth-order valence-electron chi connectivity index (χ4n) is 4.51. The molecule has 8 heteroatoms. The number of H-pyrrole nitrogens is 1. The number of rotatable bonds is 6. The second-order valence-corrected chi connectivity index (χ2v) is 10.6. The van der Waals surface area contributed by atoms with Crippen molar-refractivity contribution in [1.29, 1.82) is 0 Å². The maximum Gasteiger partial charge on any atom is 0.273 e. The maximum absolute atomic E-state index is 13.0. The summed E-state index contributed by atoms with van der Waals surface area (Å²) in [4.78, 5) is 20.4. The predicted molar refractivity (Wildman–Crippen MR) is 154 cm³/mol. The van der Waals surface area contributed by atoms with E-state index in [1.165, 1.54) is 0 Å². The molecule has 4 N–H and O–H groups in total. The number of carbonyl (C=O) groups excluding carboxylic acids is 1. The standard InChI is InChI=1S/C31H31N5O3/c1-19-14-28(36(35-19)31(2,3)4)30(39)33-22-11-8-20(9-12-22)15-21-10-13-27-25(16-21)26(29(38)34-27)18-32-23-6-5-7-24(37)17-23/h5-14,16-18,34,37-38H,15H2,1-4H3,(H,33,39). The molecule has 3 aromatic carbocycles. The van der Waals surface area contributed by atoms with Crippen molar-refractivity contribution in [2.45, 2.75) is 39.7 Å². The molecule has 5 rings (SSSR count). The van der Waals surface area contributed by atoms with Crippen molar-refractivity contribution in [1.82, 2.24) is 14.8 Å². The molecule has 1 amide bonds. The van der Waals surface area contributed by atoms with Crippen LogP contribution < -0.4 is 5.32 Å². The van der Waals surface area contributed by atoms with Crippen molar-refractivity contribution in [2.75, 3.05) is 5.32 Å². The van der Waals surface area contributed by atoms with Crippen LogP contribution in [0.4, 0.5) is 11.4 Å². The van der Waals surface area contributed by atoms with Gasteiger partial charge in [-0.25, -0.2) is 0 Å². The Morgan fingerprint density at radius 2 is 1.77 bits per heavy atom. The van der Waals surface area contributed by atoms with Crippen molar-refractivity contribution in [3.8, 4) is 11.6 Å². The van der Waals surface area contributed by atoms with E-state index in [2.05, 4.69) is 20.4 Å². The van der Waals surface area contributed by atoms with E-state index in [-0.39, 0.29) is 23.1 Å². The van der Waals surface area contributed by atoms with Gasteiger partial charge in [0.05, 0.1) is 22.5 Å². The van der Waals surface area contributed by atoms with Gasteiger partial charge in [0.2, 0.25) is 0 Å². The van der Waals surface area contributed by atoms with Gasteiger partial charge in [-0.15, -0.1) is 0 Å². The molecule has 0 fully saturated rings. The molecular weight excluding hydrogens is 490 g/mol. The Morgan fingerprint density at radius 3 is 2.49 bits per heavy atom. The Bertz CT molecular complexity index is 1690. The molecule has 198 valence electrons. The van der Waals surface area contributed by atoms with Crippen LogP contribution in [-0.4, -0.2) is 37.1 Å². The molecule has 0 aliphatic heterocycles. The Morgan fingerprint density at radius 1 is 1.03 bits per heavy atom. The van der Waals surface area contributed by atoms with E-state index in [1.807, 2.05) is 70.2 Å². The molecule has 8 nitrogen and oxygen atoms in total. The molecule has 2 heterocycles. The summed E-state index contributed by atoms with van der Waals surface area (Å²) >= 11 is 0. The molecule has 0 radical (unpaired) electrons. The van der Waals surface area contributed by atoms with Crippen molar-refractivity contribution in [2.24, 2.45) is 4.99 Å². The van der Waals surface area contributed by atoms with Gasteiger partial charge in [0.25, 0.3) is 5.91 Å². The number of nitrogens with zero attached hydrogens (tertiary/aromatic N) is 3. The molecule has 0 aliphatic rings. The molecule has 0 unspecified atom stereocenters. The molecular formula is C31H31N5O3. The molecule has 0 saturated heterocycles. The third-order valence-electron chi connectivity index (χ3n) is 6.37. The number of benzene rings is 3. The highest BCUT2D eigenvalue weighted by molar-refractivity contribution is 6.03. The quantitative estimate of drug-likeness (QED) is 0.193. The zero-order chi connectivity index (χ0) is 27.7. The lowest BCUT2D eigenvalue weighted by atomic mass is 10.0. The van der Waals surface area contributed by atoms with Gasteiger partial charge in [0.1, 0.15) is 11.4 Å². The molecule has 0 spiro atoms. The van der Waals surface area contributed by atoms with Gasteiger partial charge in [-0.3, -0.25) is 14.5 Å². The Hall–Kier alpha value is -4.85. The van der Waals surface area contributed by atoms with E-state index >= 15 is 0 Å². The van der Waals surface area contributed by atoms with E-state index in [1.54, 1.807) is 41.2 Å². The van der Waals surface area contributed by atoms with Crippen molar-refractivity contribution >= 4 is 34.4 Å². The molecule has 2 aromatic heterocycles. The average Bonchev–Trinajstić information content (AvgIpc) is 3.43. The number of phenols is 1. The zero-order valence-electron chi connectivity index (χ0n) is 22.4. The Kier molecular flexibility index (Phi) is 6.70. The normalized spacial score (nSPS) is 11.9.